The molecule has 0 radical (unpaired) electrons. The first-order chi connectivity index (χ1) is 20.5. The third kappa shape index (κ3) is 7.67. The van der Waals surface area contributed by atoms with Crippen LogP contribution in [0.1, 0.15) is 49.3 Å². The second-order valence-electron chi connectivity index (χ2n) is 11.0. The number of ether oxygens (including phenoxy) is 2. The van der Waals surface area contributed by atoms with Crippen molar-refractivity contribution in [3.63, 3.8) is 0 Å². The smallest absolute Gasteiger partial charge is 0.264 e. The lowest BCUT2D eigenvalue weighted by Gasteiger charge is -2.33. The highest BCUT2D eigenvalue weighted by atomic mass is 32.2. The lowest BCUT2D eigenvalue weighted by atomic mass is 10.1. The Balaban J connectivity index is 1.73. The van der Waals surface area contributed by atoms with Crippen molar-refractivity contribution < 1.29 is 27.5 Å². The standard InChI is InChI=1S/C33H41N3O6S/c1-23-10-17-29(18-11-23)43(39,40)36(30-20-24(2)12-19-31(30)42-5)22-32(37)35(21-26-13-15-28(41-4)16-14-26)25(3)33(38)34-27-8-6-7-9-27/h10-20,25,27H,6-9,21-22H2,1-5H3,(H,34,38). The summed E-state index contributed by atoms with van der Waals surface area (Å²) < 4.78 is 40.2. The Labute approximate surface area is 254 Å². The number of hydrogen-bond donors (Lipinski definition) is 1. The molecule has 0 heterocycles. The first kappa shape index (κ1) is 31.9. The Morgan fingerprint density at radius 2 is 1.53 bits per heavy atom. The van der Waals surface area contributed by atoms with Gasteiger partial charge in [-0.25, -0.2) is 8.42 Å². The predicted molar refractivity (Wildman–Crippen MR) is 167 cm³/mol. The number of aryl methyl sites for hydroxylation is 2. The zero-order valence-electron chi connectivity index (χ0n) is 25.5. The van der Waals surface area contributed by atoms with Crippen LogP contribution in [0.3, 0.4) is 0 Å². The van der Waals surface area contributed by atoms with Gasteiger partial charge in [-0.3, -0.25) is 13.9 Å². The van der Waals surface area contributed by atoms with E-state index in [1.807, 2.05) is 32.0 Å². The molecular weight excluding hydrogens is 566 g/mol. The quantitative estimate of drug-likeness (QED) is 0.311. The molecule has 1 N–H and O–H groups in total. The maximum atomic E-state index is 14.2. The van der Waals surface area contributed by atoms with E-state index < -0.39 is 28.5 Å². The van der Waals surface area contributed by atoms with Gasteiger partial charge in [0.15, 0.2) is 0 Å². The van der Waals surface area contributed by atoms with Crippen LogP contribution in [0.4, 0.5) is 5.69 Å². The zero-order chi connectivity index (χ0) is 31.1. The molecule has 2 amide bonds. The highest BCUT2D eigenvalue weighted by molar-refractivity contribution is 7.92. The van der Waals surface area contributed by atoms with Crippen LogP contribution >= 0.6 is 0 Å². The van der Waals surface area contributed by atoms with Gasteiger partial charge in [0.2, 0.25) is 11.8 Å². The number of rotatable bonds is 12. The Kier molecular flexibility index (Phi) is 10.3. The zero-order valence-corrected chi connectivity index (χ0v) is 26.3. The molecule has 4 rings (SSSR count). The Morgan fingerprint density at radius 1 is 0.907 bits per heavy atom. The van der Waals surface area contributed by atoms with Gasteiger partial charge in [-0.1, -0.05) is 48.7 Å². The van der Waals surface area contributed by atoms with E-state index in [4.69, 9.17) is 9.47 Å². The summed E-state index contributed by atoms with van der Waals surface area (Å²) in [5, 5.41) is 3.09. The van der Waals surface area contributed by atoms with E-state index in [0.717, 1.165) is 46.7 Å². The van der Waals surface area contributed by atoms with Crippen molar-refractivity contribution in [2.45, 2.75) is 70.0 Å². The molecule has 0 saturated heterocycles. The lowest BCUT2D eigenvalue weighted by Crippen LogP contribution is -2.52. The Morgan fingerprint density at radius 3 is 2.14 bits per heavy atom. The van der Waals surface area contributed by atoms with Crippen molar-refractivity contribution in [1.82, 2.24) is 10.2 Å². The number of carbonyl (C=O) groups is 2. The average molecular weight is 608 g/mol. The minimum atomic E-state index is -4.21. The van der Waals surface area contributed by atoms with Gasteiger partial charge < -0.3 is 19.7 Å². The van der Waals surface area contributed by atoms with Crippen molar-refractivity contribution >= 4 is 27.5 Å². The van der Waals surface area contributed by atoms with E-state index in [2.05, 4.69) is 5.32 Å². The molecule has 43 heavy (non-hydrogen) atoms. The van der Waals surface area contributed by atoms with Gasteiger partial charge in [-0.2, -0.15) is 0 Å². The molecule has 10 heteroatoms. The van der Waals surface area contributed by atoms with Crippen LogP contribution in [-0.4, -0.2) is 58.0 Å². The second-order valence-corrected chi connectivity index (χ2v) is 12.9. The van der Waals surface area contributed by atoms with Crippen LogP contribution in [0, 0.1) is 13.8 Å². The summed E-state index contributed by atoms with van der Waals surface area (Å²) in [6.45, 7) is 4.96. The van der Waals surface area contributed by atoms with Crippen molar-refractivity contribution in [2.24, 2.45) is 0 Å². The number of nitrogens with zero attached hydrogens (tertiary/aromatic N) is 2. The molecule has 3 aromatic carbocycles. The number of anilines is 1. The fraction of sp³-hybridized carbons (Fsp3) is 0.394. The maximum Gasteiger partial charge on any atom is 0.264 e. The molecule has 1 atom stereocenters. The summed E-state index contributed by atoms with van der Waals surface area (Å²) in [5.74, 6) is 0.178. The minimum Gasteiger partial charge on any atom is -0.497 e. The van der Waals surface area contributed by atoms with Gasteiger partial charge in [0.1, 0.15) is 24.1 Å². The molecule has 3 aromatic rings. The third-order valence-electron chi connectivity index (χ3n) is 7.87. The number of methoxy groups -OCH3 is 2. The topological polar surface area (TPSA) is 105 Å². The highest BCUT2D eigenvalue weighted by Gasteiger charge is 2.34. The number of nitrogens with one attached hydrogen (secondary N) is 1. The van der Waals surface area contributed by atoms with Gasteiger partial charge in [-0.15, -0.1) is 0 Å². The first-order valence-corrected chi connectivity index (χ1v) is 15.9. The van der Waals surface area contributed by atoms with Crippen LogP contribution < -0.4 is 19.1 Å². The molecule has 1 saturated carbocycles. The lowest BCUT2D eigenvalue weighted by molar-refractivity contribution is -0.139. The third-order valence-corrected chi connectivity index (χ3v) is 9.65. The fourth-order valence-corrected chi connectivity index (χ4v) is 6.66. The van der Waals surface area contributed by atoms with Crippen molar-refractivity contribution in [1.29, 1.82) is 0 Å². The van der Waals surface area contributed by atoms with E-state index in [0.29, 0.717) is 11.5 Å². The predicted octanol–water partition coefficient (Wildman–Crippen LogP) is 4.99. The molecule has 230 valence electrons. The van der Waals surface area contributed by atoms with Gasteiger partial charge in [0.25, 0.3) is 10.0 Å². The van der Waals surface area contributed by atoms with Crippen molar-refractivity contribution in [2.75, 3.05) is 25.1 Å². The normalized spacial score (nSPS) is 14.2. The number of carbonyl (C=O) groups excluding carboxylic acids is 2. The maximum absolute atomic E-state index is 14.2. The summed E-state index contributed by atoms with van der Waals surface area (Å²) in [6.07, 6.45) is 3.91. The summed E-state index contributed by atoms with van der Waals surface area (Å²) in [6, 6.07) is 18.1. The van der Waals surface area contributed by atoms with Gasteiger partial charge in [0.05, 0.1) is 24.8 Å². The Bertz CT molecular complexity index is 1520. The molecule has 1 fully saturated rings. The molecule has 0 bridgehead atoms. The van der Waals surface area contributed by atoms with Gasteiger partial charge in [0, 0.05) is 12.6 Å². The molecule has 1 aliphatic carbocycles. The Hall–Kier alpha value is -4.05. The molecule has 9 nitrogen and oxygen atoms in total. The minimum absolute atomic E-state index is 0.0446. The monoisotopic (exact) mass is 607 g/mol. The first-order valence-electron chi connectivity index (χ1n) is 14.5. The SMILES string of the molecule is COc1ccc(CN(C(=O)CN(c2cc(C)ccc2OC)S(=O)(=O)c2ccc(C)cc2)C(C)C(=O)NC2CCCC2)cc1. The van der Waals surface area contributed by atoms with E-state index >= 15 is 0 Å². The van der Waals surface area contributed by atoms with E-state index in [1.165, 1.54) is 24.1 Å². The fourth-order valence-electron chi connectivity index (χ4n) is 5.25. The van der Waals surface area contributed by atoms with Crippen molar-refractivity contribution in [3.05, 3.63) is 83.4 Å². The highest BCUT2D eigenvalue weighted by Crippen LogP contribution is 2.34. The van der Waals surface area contributed by atoms with Crippen molar-refractivity contribution in [3.8, 4) is 11.5 Å². The molecular formula is C33H41N3O6S. The number of benzene rings is 3. The molecule has 1 unspecified atom stereocenters. The van der Waals surface area contributed by atoms with Crippen LogP contribution in [-0.2, 0) is 26.2 Å². The largest absolute Gasteiger partial charge is 0.497 e. The van der Waals surface area contributed by atoms with Crippen LogP contribution in [0.5, 0.6) is 11.5 Å². The molecule has 1 aliphatic rings. The van der Waals surface area contributed by atoms with E-state index in [9.17, 15) is 18.0 Å². The molecule has 0 spiro atoms. The number of hydrogen-bond acceptors (Lipinski definition) is 6. The second kappa shape index (κ2) is 13.9. The summed E-state index contributed by atoms with van der Waals surface area (Å²) in [5.41, 5.74) is 2.72. The van der Waals surface area contributed by atoms with Crippen LogP contribution in [0.25, 0.3) is 0 Å². The molecule has 0 aromatic heterocycles. The van der Waals surface area contributed by atoms with Gasteiger partial charge >= 0.3 is 0 Å². The summed E-state index contributed by atoms with van der Waals surface area (Å²) in [7, 11) is -1.18. The summed E-state index contributed by atoms with van der Waals surface area (Å²) in [4.78, 5) is 29.1. The van der Waals surface area contributed by atoms with Gasteiger partial charge in [-0.05, 0) is 81.1 Å². The number of amides is 2. The van der Waals surface area contributed by atoms with Crippen LogP contribution in [0.2, 0.25) is 0 Å². The van der Waals surface area contributed by atoms with E-state index in [1.54, 1.807) is 50.4 Å². The van der Waals surface area contributed by atoms with Crippen LogP contribution in [0.15, 0.2) is 71.6 Å². The van der Waals surface area contributed by atoms with E-state index in [-0.39, 0.29) is 29.1 Å². The molecule has 0 aliphatic heterocycles. The number of sulfonamides is 1. The average Bonchev–Trinajstić information content (AvgIpc) is 3.51. The summed E-state index contributed by atoms with van der Waals surface area (Å²) >= 11 is 0.